The Morgan fingerprint density at radius 2 is 1.47 bits per heavy atom. The smallest absolute Gasteiger partial charge is 0.223 e. The van der Waals surface area contributed by atoms with Crippen molar-refractivity contribution in [3.05, 3.63) is 91.7 Å². The maximum atomic E-state index is 13.5. The summed E-state index contributed by atoms with van der Waals surface area (Å²) >= 11 is 1.78. The van der Waals surface area contributed by atoms with Gasteiger partial charge in [0.25, 0.3) is 0 Å². The third-order valence-electron chi connectivity index (χ3n) is 8.18. The minimum absolute atomic E-state index is 0.0644. The number of amides is 2. The van der Waals surface area contributed by atoms with Crippen molar-refractivity contribution < 1.29 is 9.59 Å². The van der Waals surface area contributed by atoms with E-state index < -0.39 is 0 Å². The van der Waals surface area contributed by atoms with Gasteiger partial charge in [-0.15, -0.1) is 11.3 Å². The Bertz CT molecular complexity index is 1280. The molecule has 0 saturated carbocycles. The maximum absolute atomic E-state index is 13.5. The van der Waals surface area contributed by atoms with Crippen LogP contribution in [0.2, 0.25) is 0 Å². The van der Waals surface area contributed by atoms with Crippen LogP contribution in [0.4, 0.5) is 0 Å². The van der Waals surface area contributed by atoms with Crippen molar-refractivity contribution in [2.24, 2.45) is 0 Å². The van der Waals surface area contributed by atoms with E-state index in [1.807, 2.05) is 9.80 Å². The van der Waals surface area contributed by atoms with Crippen molar-refractivity contribution in [2.75, 3.05) is 32.7 Å². The second-order valence-corrected chi connectivity index (χ2v) is 12.0. The Morgan fingerprint density at radius 1 is 0.816 bits per heavy atom. The molecule has 0 N–H and O–H groups in total. The predicted octanol–water partition coefficient (Wildman–Crippen LogP) is 5.58. The summed E-state index contributed by atoms with van der Waals surface area (Å²) in [7, 11) is 0. The van der Waals surface area contributed by atoms with Crippen LogP contribution in [0.25, 0.3) is 0 Å². The lowest BCUT2D eigenvalue weighted by molar-refractivity contribution is -0.139. The minimum Gasteiger partial charge on any atom is -0.340 e. The van der Waals surface area contributed by atoms with Crippen LogP contribution in [0.5, 0.6) is 0 Å². The van der Waals surface area contributed by atoms with Crippen LogP contribution in [0.3, 0.4) is 0 Å². The molecule has 3 aromatic rings. The summed E-state index contributed by atoms with van der Waals surface area (Å²) in [5.41, 5.74) is 8.98. The third-order valence-corrected chi connectivity index (χ3v) is 9.18. The summed E-state index contributed by atoms with van der Waals surface area (Å²) in [6.45, 7) is 13.4. The van der Waals surface area contributed by atoms with Gasteiger partial charge in [-0.25, -0.2) is 0 Å². The molecule has 38 heavy (non-hydrogen) atoms. The Morgan fingerprint density at radius 3 is 2.16 bits per heavy atom. The first-order chi connectivity index (χ1) is 18.3. The summed E-state index contributed by atoms with van der Waals surface area (Å²) in [4.78, 5) is 34.3. The van der Waals surface area contributed by atoms with Gasteiger partial charge in [-0.05, 0) is 73.4 Å². The number of carbonyl (C=O) groups is 2. The number of hydrogen-bond donors (Lipinski definition) is 0. The molecular formula is C32H39N3O2S. The second-order valence-electron chi connectivity index (χ2n) is 11.0. The average molecular weight is 530 g/mol. The van der Waals surface area contributed by atoms with Crippen molar-refractivity contribution in [3.63, 3.8) is 0 Å². The second kappa shape index (κ2) is 11.4. The van der Waals surface area contributed by atoms with Crippen molar-refractivity contribution in [1.29, 1.82) is 0 Å². The van der Waals surface area contributed by atoms with Gasteiger partial charge in [-0.1, -0.05) is 47.5 Å². The van der Waals surface area contributed by atoms with E-state index in [9.17, 15) is 9.59 Å². The maximum Gasteiger partial charge on any atom is 0.223 e. The fraction of sp³-hybridized carbons (Fsp3) is 0.438. The number of hydrogen-bond acceptors (Lipinski definition) is 4. The summed E-state index contributed by atoms with van der Waals surface area (Å²) < 4.78 is 0. The molecule has 2 amide bonds. The van der Waals surface area contributed by atoms with Crippen LogP contribution in [0.15, 0.2) is 47.8 Å². The Labute approximate surface area is 231 Å². The van der Waals surface area contributed by atoms with E-state index >= 15 is 0 Å². The quantitative estimate of drug-likeness (QED) is 0.419. The molecule has 3 heterocycles. The molecule has 1 saturated heterocycles. The summed E-state index contributed by atoms with van der Waals surface area (Å²) in [5, 5.41) is 2.13. The topological polar surface area (TPSA) is 43.9 Å². The molecule has 1 unspecified atom stereocenters. The van der Waals surface area contributed by atoms with Gasteiger partial charge in [0.2, 0.25) is 11.8 Å². The molecule has 2 aromatic carbocycles. The number of piperazine rings is 1. The summed E-state index contributed by atoms with van der Waals surface area (Å²) in [6.07, 6.45) is 1.43. The minimum atomic E-state index is -0.0644. The fourth-order valence-electron chi connectivity index (χ4n) is 6.05. The zero-order chi connectivity index (χ0) is 26.8. The highest BCUT2D eigenvalue weighted by molar-refractivity contribution is 7.10. The lowest BCUT2D eigenvalue weighted by Gasteiger charge is -2.37. The van der Waals surface area contributed by atoms with Crippen molar-refractivity contribution in [2.45, 2.75) is 59.5 Å². The molecular weight excluding hydrogens is 490 g/mol. The van der Waals surface area contributed by atoms with E-state index in [1.165, 1.54) is 38.3 Å². The first kappa shape index (κ1) is 26.6. The van der Waals surface area contributed by atoms with Crippen LogP contribution in [-0.4, -0.2) is 59.2 Å². The average Bonchev–Trinajstić information content (AvgIpc) is 3.38. The van der Waals surface area contributed by atoms with Crippen LogP contribution >= 0.6 is 11.3 Å². The number of benzene rings is 2. The van der Waals surface area contributed by atoms with E-state index in [1.54, 1.807) is 11.3 Å². The lowest BCUT2D eigenvalue weighted by Crippen LogP contribution is -2.48. The fourth-order valence-corrected chi connectivity index (χ4v) is 6.95. The van der Waals surface area contributed by atoms with Gasteiger partial charge in [-0.2, -0.15) is 0 Å². The monoisotopic (exact) mass is 529 g/mol. The first-order valence-electron chi connectivity index (χ1n) is 13.8. The van der Waals surface area contributed by atoms with E-state index in [2.05, 4.69) is 80.4 Å². The number of nitrogens with zero attached hydrogens (tertiary/aromatic N) is 3. The van der Waals surface area contributed by atoms with Crippen LogP contribution in [-0.2, 0) is 22.6 Å². The lowest BCUT2D eigenvalue weighted by atomic mass is 9.92. The van der Waals surface area contributed by atoms with E-state index in [-0.39, 0.29) is 30.7 Å². The standard InChI is InChI=1S/C32H39N3O2S/c1-22-5-7-26(8-6-22)32-27-12-18-38-29(27)11-13-35(32)31(37)10-9-30(36)34-16-14-33(15-17-34)21-28-24(3)19-23(2)20-25(28)4/h5-8,12,18-20,32H,9-11,13-17,21H2,1-4H3. The number of thiophene rings is 1. The highest BCUT2D eigenvalue weighted by atomic mass is 32.1. The number of rotatable bonds is 6. The van der Waals surface area contributed by atoms with Gasteiger partial charge in [0, 0.05) is 57.0 Å². The Hall–Kier alpha value is -2.96. The third kappa shape index (κ3) is 5.71. The molecule has 200 valence electrons. The van der Waals surface area contributed by atoms with Crippen LogP contribution in [0.1, 0.15) is 62.7 Å². The normalized spacial score (nSPS) is 17.9. The van der Waals surface area contributed by atoms with Crippen molar-refractivity contribution in [1.82, 2.24) is 14.7 Å². The van der Waals surface area contributed by atoms with Crippen LogP contribution in [0, 0.1) is 27.7 Å². The van der Waals surface area contributed by atoms with Gasteiger partial charge in [0.15, 0.2) is 0 Å². The van der Waals surface area contributed by atoms with Crippen molar-refractivity contribution >= 4 is 23.2 Å². The summed E-state index contributed by atoms with van der Waals surface area (Å²) in [6, 6.07) is 15.1. The molecule has 0 aliphatic carbocycles. The predicted molar refractivity (Wildman–Crippen MR) is 155 cm³/mol. The van der Waals surface area contributed by atoms with Gasteiger partial charge in [-0.3, -0.25) is 14.5 Å². The molecule has 2 aliphatic heterocycles. The van der Waals surface area contributed by atoms with Gasteiger partial charge >= 0.3 is 0 Å². The summed E-state index contributed by atoms with van der Waals surface area (Å²) in [5.74, 6) is 0.172. The van der Waals surface area contributed by atoms with E-state index in [0.717, 1.165) is 44.7 Å². The molecule has 1 atom stereocenters. The van der Waals surface area contributed by atoms with E-state index in [0.29, 0.717) is 6.54 Å². The molecule has 5 nitrogen and oxygen atoms in total. The first-order valence-corrected chi connectivity index (χ1v) is 14.7. The molecule has 0 radical (unpaired) electrons. The molecule has 0 spiro atoms. The molecule has 6 heteroatoms. The van der Waals surface area contributed by atoms with Gasteiger partial charge < -0.3 is 9.80 Å². The molecule has 0 bridgehead atoms. The number of fused-ring (bicyclic) bond motifs is 1. The zero-order valence-electron chi connectivity index (χ0n) is 23.1. The molecule has 1 fully saturated rings. The van der Waals surface area contributed by atoms with Gasteiger partial charge in [0.05, 0.1) is 6.04 Å². The van der Waals surface area contributed by atoms with Crippen LogP contribution < -0.4 is 0 Å². The zero-order valence-corrected chi connectivity index (χ0v) is 23.9. The SMILES string of the molecule is Cc1ccc(C2c3ccsc3CCN2C(=O)CCC(=O)N2CCN(Cc3c(C)cc(C)cc3C)CC2)cc1. The van der Waals surface area contributed by atoms with Gasteiger partial charge in [0.1, 0.15) is 0 Å². The number of aryl methyl sites for hydroxylation is 4. The largest absolute Gasteiger partial charge is 0.340 e. The Balaban J connectivity index is 1.17. The molecule has 1 aromatic heterocycles. The van der Waals surface area contributed by atoms with E-state index in [4.69, 9.17) is 0 Å². The Kier molecular flexibility index (Phi) is 8.01. The number of carbonyl (C=O) groups excluding carboxylic acids is 2. The highest BCUT2D eigenvalue weighted by Crippen LogP contribution is 2.38. The highest BCUT2D eigenvalue weighted by Gasteiger charge is 2.33. The molecule has 5 rings (SSSR count). The molecule has 2 aliphatic rings. The van der Waals surface area contributed by atoms with Crippen molar-refractivity contribution in [3.8, 4) is 0 Å².